The number of carbonyl (C=O) groups excluding carboxylic acids is 1. The number of amides is 1. The van der Waals surface area contributed by atoms with E-state index in [2.05, 4.69) is 10.3 Å². The van der Waals surface area contributed by atoms with Gasteiger partial charge in [0, 0.05) is 11.1 Å². The molecule has 1 N–H and O–H groups in total. The Balaban J connectivity index is 1.54. The van der Waals surface area contributed by atoms with Gasteiger partial charge in [-0.05, 0) is 37.3 Å². The summed E-state index contributed by atoms with van der Waals surface area (Å²) in [6.45, 7) is 2.23. The highest BCUT2D eigenvalue weighted by molar-refractivity contribution is 7.09. The second kappa shape index (κ2) is 8.67. The summed E-state index contributed by atoms with van der Waals surface area (Å²) in [5.74, 6) is 0.373. The zero-order chi connectivity index (χ0) is 19.2. The first-order chi connectivity index (χ1) is 13.0. The molecule has 7 heteroatoms. The van der Waals surface area contributed by atoms with Crippen molar-refractivity contribution >= 4 is 34.5 Å². The lowest BCUT2D eigenvalue weighted by atomic mass is 10.2. The largest absolute Gasteiger partial charge is 0.486 e. The molecule has 0 aliphatic rings. The van der Waals surface area contributed by atoms with Gasteiger partial charge < -0.3 is 10.1 Å². The Kier molecular flexibility index (Phi) is 6.07. The van der Waals surface area contributed by atoms with E-state index in [0.717, 1.165) is 16.9 Å². The maximum Gasteiger partial charge on any atom is 0.231 e. The van der Waals surface area contributed by atoms with Crippen molar-refractivity contribution in [1.29, 1.82) is 5.26 Å². The minimum absolute atomic E-state index is 0.115. The van der Waals surface area contributed by atoms with Crippen LogP contribution in [0.25, 0.3) is 0 Å². The van der Waals surface area contributed by atoms with Crippen LogP contribution in [-0.2, 0) is 17.8 Å². The third kappa shape index (κ3) is 5.30. The molecule has 2 aromatic carbocycles. The first kappa shape index (κ1) is 18.9. The molecule has 1 aromatic heterocycles. The monoisotopic (exact) mass is 397 g/mol. The number of hydrogen-bond donors (Lipinski definition) is 1. The number of aryl methyl sites for hydroxylation is 1. The van der Waals surface area contributed by atoms with E-state index in [4.69, 9.17) is 21.6 Å². The summed E-state index contributed by atoms with van der Waals surface area (Å²) in [7, 11) is 0. The van der Waals surface area contributed by atoms with Crippen LogP contribution in [0.1, 0.15) is 21.8 Å². The van der Waals surface area contributed by atoms with Crippen molar-refractivity contribution in [2.24, 2.45) is 0 Å². The molecule has 0 bridgehead atoms. The van der Waals surface area contributed by atoms with Crippen LogP contribution in [0.4, 0.5) is 5.69 Å². The van der Waals surface area contributed by atoms with Crippen LogP contribution in [0.15, 0.2) is 47.8 Å². The molecule has 0 aliphatic heterocycles. The molecule has 3 rings (SSSR count). The number of ether oxygens (including phenoxy) is 1. The average molecular weight is 398 g/mol. The Morgan fingerprint density at radius 3 is 2.78 bits per heavy atom. The highest BCUT2D eigenvalue weighted by Gasteiger charge is 2.10. The fourth-order valence-electron chi connectivity index (χ4n) is 2.31. The number of anilines is 1. The molecule has 0 aliphatic carbocycles. The van der Waals surface area contributed by atoms with Gasteiger partial charge in [-0.3, -0.25) is 4.79 Å². The average Bonchev–Trinajstić information content (AvgIpc) is 3.09. The van der Waals surface area contributed by atoms with E-state index in [1.165, 1.54) is 11.3 Å². The van der Waals surface area contributed by atoms with Crippen LogP contribution in [-0.4, -0.2) is 10.9 Å². The van der Waals surface area contributed by atoms with Gasteiger partial charge >= 0.3 is 0 Å². The van der Waals surface area contributed by atoms with Crippen LogP contribution in [0.5, 0.6) is 5.75 Å². The molecule has 0 atom stereocenters. The Bertz CT molecular complexity index is 993. The molecule has 0 saturated heterocycles. The number of nitrogens with one attached hydrogen (secondary N) is 1. The molecule has 0 radical (unpaired) electrons. The molecule has 3 aromatic rings. The van der Waals surface area contributed by atoms with Gasteiger partial charge in [-0.15, -0.1) is 11.3 Å². The number of nitriles is 1. The number of carbonyl (C=O) groups is 1. The second-order valence-electron chi connectivity index (χ2n) is 5.87. The van der Waals surface area contributed by atoms with E-state index in [9.17, 15) is 4.79 Å². The van der Waals surface area contributed by atoms with Crippen molar-refractivity contribution in [2.75, 3.05) is 5.32 Å². The minimum Gasteiger partial charge on any atom is -0.486 e. The number of aromatic nitrogens is 1. The molecule has 5 nitrogen and oxygen atoms in total. The summed E-state index contributed by atoms with van der Waals surface area (Å²) in [5, 5.41) is 14.6. The van der Waals surface area contributed by atoms with E-state index in [-0.39, 0.29) is 18.9 Å². The lowest BCUT2D eigenvalue weighted by Crippen LogP contribution is -2.14. The molecule has 0 saturated carbocycles. The SMILES string of the molecule is Cc1ccc(NC(=O)Cc2nc(COc3ccc(C#N)cc3Cl)cs2)cc1. The van der Waals surface area contributed by atoms with Crippen molar-refractivity contribution in [3.8, 4) is 11.8 Å². The zero-order valence-corrected chi connectivity index (χ0v) is 16.1. The fraction of sp³-hybridized carbons (Fsp3) is 0.150. The van der Waals surface area contributed by atoms with Crippen LogP contribution in [0, 0.1) is 18.3 Å². The van der Waals surface area contributed by atoms with Gasteiger partial charge in [0.05, 0.1) is 28.8 Å². The predicted octanol–water partition coefficient (Wildman–Crippen LogP) is 4.74. The molecule has 1 amide bonds. The van der Waals surface area contributed by atoms with E-state index in [1.54, 1.807) is 18.2 Å². The number of hydrogen-bond acceptors (Lipinski definition) is 5. The second-order valence-corrected chi connectivity index (χ2v) is 7.22. The fourth-order valence-corrected chi connectivity index (χ4v) is 3.33. The first-order valence-electron chi connectivity index (χ1n) is 8.16. The summed E-state index contributed by atoms with van der Waals surface area (Å²) < 4.78 is 5.65. The van der Waals surface area contributed by atoms with Crippen molar-refractivity contribution in [3.63, 3.8) is 0 Å². The Hall–Kier alpha value is -2.88. The van der Waals surface area contributed by atoms with Gasteiger partial charge in [-0.2, -0.15) is 5.26 Å². The number of thiazole rings is 1. The van der Waals surface area contributed by atoms with Crippen molar-refractivity contribution in [3.05, 3.63) is 74.7 Å². The third-order valence-electron chi connectivity index (χ3n) is 3.68. The Morgan fingerprint density at radius 1 is 1.30 bits per heavy atom. The van der Waals surface area contributed by atoms with Gasteiger partial charge in [-0.1, -0.05) is 29.3 Å². The molecular formula is C20H16ClN3O2S. The Labute approximate surface area is 166 Å². The topological polar surface area (TPSA) is 75.0 Å². The van der Waals surface area contributed by atoms with Gasteiger partial charge in [0.2, 0.25) is 5.91 Å². The standard InChI is InChI=1S/C20H16ClN3O2S/c1-13-2-5-15(6-3-13)23-19(25)9-20-24-16(12-27-20)11-26-18-7-4-14(10-22)8-17(18)21/h2-8,12H,9,11H2,1H3,(H,23,25). The lowest BCUT2D eigenvalue weighted by Gasteiger charge is -2.06. The van der Waals surface area contributed by atoms with Crippen LogP contribution >= 0.6 is 22.9 Å². The number of nitrogens with zero attached hydrogens (tertiary/aromatic N) is 2. The molecule has 1 heterocycles. The van der Waals surface area contributed by atoms with Crippen molar-refractivity contribution in [2.45, 2.75) is 20.0 Å². The first-order valence-corrected chi connectivity index (χ1v) is 9.41. The summed E-state index contributed by atoms with van der Waals surface area (Å²) in [5.41, 5.74) is 3.10. The molecular weight excluding hydrogens is 382 g/mol. The normalized spacial score (nSPS) is 10.3. The molecule has 27 heavy (non-hydrogen) atoms. The molecule has 0 unspecified atom stereocenters. The summed E-state index contributed by atoms with van der Waals surface area (Å²) in [6, 6.07) is 14.5. The maximum atomic E-state index is 12.1. The lowest BCUT2D eigenvalue weighted by molar-refractivity contribution is -0.115. The summed E-state index contributed by atoms with van der Waals surface area (Å²) in [4.78, 5) is 16.6. The van der Waals surface area contributed by atoms with Crippen LogP contribution in [0.2, 0.25) is 5.02 Å². The third-order valence-corrected chi connectivity index (χ3v) is 4.88. The smallest absolute Gasteiger partial charge is 0.231 e. The van der Waals surface area contributed by atoms with Gasteiger partial charge in [-0.25, -0.2) is 4.98 Å². The van der Waals surface area contributed by atoms with E-state index < -0.39 is 0 Å². The zero-order valence-electron chi connectivity index (χ0n) is 14.5. The maximum absolute atomic E-state index is 12.1. The highest BCUT2D eigenvalue weighted by atomic mass is 35.5. The summed E-state index contributed by atoms with van der Waals surface area (Å²) >= 11 is 7.50. The highest BCUT2D eigenvalue weighted by Crippen LogP contribution is 2.26. The summed E-state index contributed by atoms with van der Waals surface area (Å²) in [6.07, 6.45) is 0.205. The van der Waals surface area contributed by atoms with E-state index >= 15 is 0 Å². The Morgan fingerprint density at radius 2 is 2.07 bits per heavy atom. The minimum atomic E-state index is -0.115. The van der Waals surface area contributed by atoms with Gasteiger partial charge in [0.15, 0.2) is 0 Å². The quantitative estimate of drug-likeness (QED) is 0.652. The van der Waals surface area contributed by atoms with Gasteiger partial charge in [0.1, 0.15) is 17.4 Å². The van der Waals surface area contributed by atoms with E-state index in [1.807, 2.05) is 42.6 Å². The van der Waals surface area contributed by atoms with Crippen molar-refractivity contribution in [1.82, 2.24) is 4.98 Å². The number of rotatable bonds is 6. The molecule has 0 spiro atoms. The van der Waals surface area contributed by atoms with Gasteiger partial charge in [0.25, 0.3) is 0 Å². The predicted molar refractivity (Wildman–Crippen MR) is 106 cm³/mol. The number of benzene rings is 2. The number of halogens is 1. The van der Waals surface area contributed by atoms with Crippen LogP contribution in [0.3, 0.4) is 0 Å². The van der Waals surface area contributed by atoms with E-state index in [0.29, 0.717) is 21.3 Å². The van der Waals surface area contributed by atoms with Crippen molar-refractivity contribution < 1.29 is 9.53 Å². The van der Waals surface area contributed by atoms with Crippen LogP contribution < -0.4 is 10.1 Å². The molecule has 0 fully saturated rings. The molecule has 136 valence electrons.